The van der Waals surface area contributed by atoms with Gasteiger partial charge in [0.15, 0.2) is 11.5 Å². The molecule has 1 aliphatic carbocycles. The Bertz CT molecular complexity index is 635. The molecule has 0 radical (unpaired) electrons. The predicted molar refractivity (Wildman–Crippen MR) is 105 cm³/mol. The molecule has 1 amide bonds. The summed E-state index contributed by atoms with van der Waals surface area (Å²) in [5.41, 5.74) is 0.471. The molecule has 0 bridgehead atoms. The minimum atomic E-state index is -0.133. The van der Waals surface area contributed by atoms with Crippen molar-refractivity contribution in [3.63, 3.8) is 0 Å². The third-order valence-electron chi connectivity index (χ3n) is 5.99. The van der Waals surface area contributed by atoms with Gasteiger partial charge in [-0.25, -0.2) is 0 Å². The fraction of sp³-hybridized carbons (Fsp3) is 0.667. The van der Waals surface area contributed by atoms with Crippen LogP contribution in [0.1, 0.15) is 48.9 Å². The van der Waals surface area contributed by atoms with Gasteiger partial charge in [-0.3, -0.25) is 4.79 Å². The summed E-state index contributed by atoms with van der Waals surface area (Å²) < 4.78 is 16.1. The van der Waals surface area contributed by atoms with Crippen LogP contribution in [0.25, 0.3) is 0 Å². The molecular formula is C21H32N2O4. The minimum Gasteiger partial charge on any atom is -0.493 e. The van der Waals surface area contributed by atoms with Crippen LogP contribution in [0.2, 0.25) is 0 Å². The minimum absolute atomic E-state index is 0.133. The van der Waals surface area contributed by atoms with Crippen molar-refractivity contribution in [1.29, 1.82) is 0 Å². The van der Waals surface area contributed by atoms with Gasteiger partial charge in [0.1, 0.15) is 0 Å². The number of ether oxygens (including phenoxy) is 3. The van der Waals surface area contributed by atoms with Gasteiger partial charge in [0.25, 0.3) is 5.91 Å². The number of rotatable bonds is 7. The van der Waals surface area contributed by atoms with Crippen LogP contribution >= 0.6 is 0 Å². The zero-order chi connectivity index (χ0) is 19.2. The Morgan fingerprint density at radius 1 is 1.00 bits per heavy atom. The second-order valence-electron chi connectivity index (χ2n) is 7.51. The van der Waals surface area contributed by atoms with Crippen molar-refractivity contribution in [3.8, 4) is 17.2 Å². The number of amides is 1. The van der Waals surface area contributed by atoms with E-state index in [-0.39, 0.29) is 5.91 Å². The molecule has 0 unspecified atom stereocenters. The van der Waals surface area contributed by atoms with E-state index >= 15 is 0 Å². The molecule has 1 aromatic rings. The summed E-state index contributed by atoms with van der Waals surface area (Å²) in [5.74, 6) is 1.80. The molecule has 0 atom stereocenters. The van der Waals surface area contributed by atoms with E-state index in [1.807, 2.05) is 0 Å². The summed E-state index contributed by atoms with van der Waals surface area (Å²) >= 11 is 0. The van der Waals surface area contributed by atoms with Gasteiger partial charge in [0.05, 0.1) is 26.9 Å². The van der Waals surface area contributed by atoms with Crippen LogP contribution in [0.4, 0.5) is 0 Å². The zero-order valence-electron chi connectivity index (χ0n) is 16.8. The van der Waals surface area contributed by atoms with Gasteiger partial charge >= 0.3 is 0 Å². The van der Waals surface area contributed by atoms with Crippen molar-refractivity contribution in [2.75, 3.05) is 41.0 Å². The van der Waals surface area contributed by atoms with Crippen molar-refractivity contribution in [2.45, 2.75) is 44.6 Å². The summed E-state index contributed by atoms with van der Waals surface area (Å²) in [4.78, 5) is 15.4. The Balaban J connectivity index is 1.55. The van der Waals surface area contributed by atoms with Gasteiger partial charge in [-0.1, -0.05) is 12.8 Å². The molecule has 2 fully saturated rings. The quantitative estimate of drug-likeness (QED) is 0.792. The van der Waals surface area contributed by atoms with Crippen LogP contribution in [0.3, 0.4) is 0 Å². The molecule has 6 heteroatoms. The van der Waals surface area contributed by atoms with Crippen molar-refractivity contribution in [3.05, 3.63) is 17.7 Å². The van der Waals surface area contributed by atoms with E-state index in [0.29, 0.717) is 35.3 Å². The summed E-state index contributed by atoms with van der Waals surface area (Å²) in [6.07, 6.45) is 7.79. The number of nitrogens with one attached hydrogen (secondary N) is 1. The van der Waals surface area contributed by atoms with Gasteiger partial charge in [0.2, 0.25) is 5.75 Å². The summed E-state index contributed by atoms with van der Waals surface area (Å²) in [6, 6.07) is 4.26. The maximum Gasteiger partial charge on any atom is 0.255 e. The van der Waals surface area contributed by atoms with Crippen LogP contribution in [0.15, 0.2) is 12.1 Å². The van der Waals surface area contributed by atoms with E-state index in [1.54, 1.807) is 26.4 Å². The number of carbonyl (C=O) groups excluding carboxylic acids is 1. The third-order valence-corrected chi connectivity index (χ3v) is 5.99. The molecule has 1 N–H and O–H groups in total. The molecule has 27 heavy (non-hydrogen) atoms. The van der Waals surface area contributed by atoms with Crippen molar-refractivity contribution in [1.82, 2.24) is 10.2 Å². The van der Waals surface area contributed by atoms with E-state index in [0.717, 1.165) is 32.0 Å². The van der Waals surface area contributed by atoms with Gasteiger partial charge in [-0.05, 0) is 56.8 Å². The number of benzene rings is 1. The Morgan fingerprint density at radius 3 is 2.26 bits per heavy atom. The number of hydrogen-bond donors (Lipinski definition) is 1. The standard InChI is InChI=1S/C21H32N2O4/c1-25-18-9-8-17(19(26-2)20(18)27-3)21(24)22-14-15-10-12-23(13-11-15)16-6-4-5-7-16/h8-9,15-16H,4-7,10-14H2,1-3H3,(H,22,24). The molecular weight excluding hydrogens is 344 g/mol. The Hall–Kier alpha value is -1.95. The summed E-state index contributed by atoms with van der Waals surface area (Å²) in [6.45, 7) is 3.02. The predicted octanol–water partition coefficient (Wildman–Crippen LogP) is 3.10. The highest BCUT2D eigenvalue weighted by atomic mass is 16.5. The first-order valence-electron chi connectivity index (χ1n) is 9.99. The fourth-order valence-corrected chi connectivity index (χ4v) is 4.40. The summed E-state index contributed by atoms with van der Waals surface area (Å²) in [7, 11) is 4.64. The van der Waals surface area contributed by atoms with E-state index in [9.17, 15) is 4.79 Å². The van der Waals surface area contributed by atoms with Crippen molar-refractivity contribution >= 4 is 5.91 Å². The maximum atomic E-state index is 12.7. The largest absolute Gasteiger partial charge is 0.493 e. The molecule has 0 aromatic heterocycles. The number of likely N-dealkylation sites (tertiary alicyclic amines) is 1. The summed E-state index contributed by atoms with van der Waals surface area (Å²) in [5, 5.41) is 3.08. The van der Waals surface area contributed by atoms with Crippen LogP contribution < -0.4 is 19.5 Å². The van der Waals surface area contributed by atoms with Crippen LogP contribution in [-0.4, -0.2) is 57.8 Å². The molecule has 3 rings (SSSR count). The van der Waals surface area contributed by atoms with E-state index < -0.39 is 0 Å². The monoisotopic (exact) mass is 376 g/mol. The smallest absolute Gasteiger partial charge is 0.255 e. The number of carbonyl (C=O) groups is 1. The topological polar surface area (TPSA) is 60.0 Å². The fourth-order valence-electron chi connectivity index (χ4n) is 4.40. The molecule has 1 aliphatic heterocycles. The van der Waals surface area contributed by atoms with E-state index in [4.69, 9.17) is 14.2 Å². The second kappa shape index (κ2) is 9.31. The first kappa shape index (κ1) is 19.8. The lowest BCUT2D eigenvalue weighted by molar-refractivity contribution is 0.0921. The zero-order valence-corrected chi connectivity index (χ0v) is 16.8. The molecule has 1 saturated heterocycles. The first-order chi connectivity index (χ1) is 13.2. The lowest BCUT2D eigenvalue weighted by atomic mass is 9.95. The average Bonchev–Trinajstić information content (AvgIpc) is 3.25. The van der Waals surface area contributed by atoms with Gasteiger partial charge in [-0.2, -0.15) is 0 Å². The Kier molecular flexibility index (Phi) is 6.83. The number of piperidine rings is 1. The van der Waals surface area contributed by atoms with Crippen LogP contribution in [0, 0.1) is 5.92 Å². The van der Waals surface area contributed by atoms with Crippen molar-refractivity contribution in [2.24, 2.45) is 5.92 Å². The first-order valence-corrected chi connectivity index (χ1v) is 9.99. The van der Waals surface area contributed by atoms with E-state index in [1.165, 1.54) is 32.8 Å². The Morgan fingerprint density at radius 2 is 1.67 bits per heavy atom. The number of hydrogen-bond acceptors (Lipinski definition) is 5. The van der Waals surface area contributed by atoms with Crippen molar-refractivity contribution < 1.29 is 19.0 Å². The molecule has 1 heterocycles. The Labute approximate surface area is 162 Å². The molecule has 150 valence electrons. The lowest BCUT2D eigenvalue weighted by Gasteiger charge is -2.36. The maximum absolute atomic E-state index is 12.7. The highest BCUT2D eigenvalue weighted by Crippen LogP contribution is 2.39. The normalized spacial score (nSPS) is 19.1. The van der Waals surface area contributed by atoms with Gasteiger partial charge < -0.3 is 24.4 Å². The molecule has 2 aliphatic rings. The molecule has 1 saturated carbocycles. The van der Waals surface area contributed by atoms with Gasteiger partial charge in [-0.15, -0.1) is 0 Å². The van der Waals surface area contributed by atoms with E-state index in [2.05, 4.69) is 10.2 Å². The molecule has 1 aromatic carbocycles. The highest BCUT2D eigenvalue weighted by molar-refractivity contribution is 5.98. The van der Waals surface area contributed by atoms with Crippen LogP contribution in [-0.2, 0) is 0 Å². The SMILES string of the molecule is COc1ccc(C(=O)NCC2CCN(C3CCCC3)CC2)c(OC)c1OC. The highest BCUT2D eigenvalue weighted by Gasteiger charge is 2.27. The molecule has 0 spiro atoms. The van der Waals surface area contributed by atoms with Crippen LogP contribution in [0.5, 0.6) is 17.2 Å². The number of nitrogens with zero attached hydrogens (tertiary/aromatic N) is 1. The third kappa shape index (κ3) is 4.49. The second-order valence-corrected chi connectivity index (χ2v) is 7.51. The number of methoxy groups -OCH3 is 3. The molecule has 6 nitrogen and oxygen atoms in total. The average molecular weight is 376 g/mol. The van der Waals surface area contributed by atoms with Gasteiger partial charge in [0, 0.05) is 12.6 Å². The lowest BCUT2D eigenvalue weighted by Crippen LogP contribution is -2.42.